The van der Waals surface area contributed by atoms with E-state index in [9.17, 15) is 19.5 Å². The number of amides is 1. The number of nitrogens with two attached hydrogens (primary N) is 2. The molecule has 260 valence electrons. The number of rotatable bonds is 4. The van der Waals surface area contributed by atoms with Gasteiger partial charge in [-0.15, -0.1) is 0 Å². The van der Waals surface area contributed by atoms with Crippen molar-refractivity contribution in [3.05, 3.63) is 23.3 Å². The molecule has 11 atom stereocenters. The Morgan fingerprint density at radius 3 is 2.81 bits per heavy atom. The van der Waals surface area contributed by atoms with Crippen LogP contribution in [-0.4, -0.2) is 94.7 Å². The number of aliphatic hydroxyl groups excluding tert-OH is 1. The molecule has 11 unspecified atom stereocenters. The first-order chi connectivity index (χ1) is 22.6. The van der Waals surface area contributed by atoms with E-state index in [-0.39, 0.29) is 66.9 Å². The summed E-state index contributed by atoms with van der Waals surface area (Å²) in [6.45, 7) is 5.33. The minimum absolute atomic E-state index is 0.0761. The third kappa shape index (κ3) is 6.22. The quantitative estimate of drug-likeness (QED) is 0.174. The monoisotopic (exact) mass is 690 g/mol. The molecule has 0 bridgehead atoms. The number of aliphatic hydroxyl groups is 1. The number of hydrogen-bond acceptors (Lipinski definition) is 10. The summed E-state index contributed by atoms with van der Waals surface area (Å²) >= 11 is 0. The van der Waals surface area contributed by atoms with E-state index in [2.05, 4.69) is 16.3 Å². The van der Waals surface area contributed by atoms with Crippen LogP contribution in [0.4, 0.5) is 0 Å². The van der Waals surface area contributed by atoms with E-state index in [1.54, 1.807) is 13.0 Å². The first-order valence-corrected chi connectivity index (χ1v) is 20.3. The topological polar surface area (TPSA) is 145 Å². The van der Waals surface area contributed by atoms with Gasteiger partial charge in [0.25, 0.3) is 0 Å². The van der Waals surface area contributed by atoms with Gasteiger partial charge < -0.3 is 29.5 Å². The Balaban J connectivity index is 1.31. The molecule has 0 radical (unpaired) electrons. The second-order valence-corrected chi connectivity index (χ2v) is 17.8. The molecule has 5 heterocycles. The van der Waals surface area contributed by atoms with E-state index in [4.69, 9.17) is 19.9 Å². The number of esters is 2. The molecule has 1 amide bonds. The van der Waals surface area contributed by atoms with Crippen LogP contribution in [0, 0.1) is 29.6 Å². The Morgan fingerprint density at radius 2 is 2.04 bits per heavy atom. The van der Waals surface area contributed by atoms with Gasteiger partial charge in [0, 0.05) is 86.6 Å². The van der Waals surface area contributed by atoms with Crippen molar-refractivity contribution in [1.29, 1.82) is 0 Å². The highest BCUT2D eigenvalue weighted by Crippen LogP contribution is 2.61. The lowest BCUT2D eigenvalue weighted by atomic mass is 9.56. The Bertz CT molecular complexity index is 1310. The van der Waals surface area contributed by atoms with Crippen molar-refractivity contribution in [2.45, 2.75) is 114 Å². The van der Waals surface area contributed by atoms with Gasteiger partial charge in [0.2, 0.25) is 5.91 Å². The lowest BCUT2D eigenvalue weighted by Crippen LogP contribution is -2.96. The van der Waals surface area contributed by atoms with E-state index < -0.39 is 17.2 Å². The molecular formula is C35H52N3O7S2+. The van der Waals surface area contributed by atoms with Crippen LogP contribution >= 0.6 is 21.6 Å². The maximum Gasteiger partial charge on any atom is 0.334 e. The zero-order valence-corrected chi connectivity index (χ0v) is 29.4. The second kappa shape index (κ2) is 13.6. The summed E-state index contributed by atoms with van der Waals surface area (Å²) in [4.78, 5) is 42.0. The van der Waals surface area contributed by atoms with Crippen LogP contribution in [0.25, 0.3) is 0 Å². The van der Waals surface area contributed by atoms with Crippen molar-refractivity contribution in [3.8, 4) is 0 Å². The summed E-state index contributed by atoms with van der Waals surface area (Å²) in [5.41, 5.74) is 6.68. The number of carbonyl (C=O) groups is 3. The van der Waals surface area contributed by atoms with Crippen LogP contribution in [0.15, 0.2) is 23.3 Å². The van der Waals surface area contributed by atoms with E-state index in [0.717, 1.165) is 56.7 Å². The van der Waals surface area contributed by atoms with Crippen molar-refractivity contribution < 1.29 is 39.0 Å². The second-order valence-electron chi connectivity index (χ2n) is 15.3. The molecule has 0 aromatic rings. The van der Waals surface area contributed by atoms with Gasteiger partial charge in [0.05, 0.1) is 12.6 Å². The maximum absolute atomic E-state index is 13.8. The lowest BCUT2D eigenvalue weighted by molar-refractivity contribution is -0.706. The van der Waals surface area contributed by atoms with Crippen LogP contribution in [0.2, 0.25) is 0 Å². The van der Waals surface area contributed by atoms with Crippen LogP contribution in [0.5, 0.6) is 0 Å². The van der Waals surface area contributed by atoms with Crippen molar-refractivity contribution in [1.82, 2.24) is 4.90 Å². The molecule has 47 heavy (non-hydrogen) atoms. The number of quaternary nitrogens is 1. The van der Waals surface area contributed by atoms with Crippen LogP contribution in [0.3, 0.4) is 0 Å². The summed E-state index contributed by atoms with van der Waals surface area (Å²) in [5.74, 6) is 2.14. The van der Waals surface area contributed by atoms with Crippen molar-refractivity contribution >= 4 is 39.4 Å². The summed E-state index contributed by atoms with van der Waals surface area (Å²) in [6.07, 6.45) is 10.4. The van der Waals surface area contributed by atoms with Crippen molar-refractivity contribution in [2.75, 3.05) is 31.2 Å². The number of ether oxygens (including phenoxy) is 3. The molecule has 12 heteroatoms. The number of fused-ring (bicyclic) bond motifs is 7. The standard InChI is InChI=1S/C35H51N3O7S2/c1-3-20(8-11-39)33(42)45-34(2)9-6-22-18-46-47-19-25-7-10-38(25)30(40)13-24-17-37-29(36)14-26(24)32(22)35(34)16-23-12-21-4-5-31(41)43-27(21)15-28(23)44-35/h3,6,21,23-29,32,37,39H,4-5,7-19,36H2,1-2H3/p+1. The van der Waals surface area contributed by atoms with Gasteiger partial charge in [-0.05, 0) is 57.3 Å². The highest BCUT2D eigenvalue weighted by Gasteiger charge is 2.68. The van der Waals surface area contributed by atoms with Gasteiger partial charge in [-0.1, -0.05) is 39.3 Å². The first-order valence-electron chi connectivity index (χ1n) is 17.8. The molecule has 7 rings (SSSR count). The molecule has 2 aliphatic carbocycles. The fourth-order valence-electron chi connectivity index (χ4n) is 10.1. The van der Waals surface area contributed by atoms with Gasteiger partial charge in [-0.3, -0.25) is 15.3 Å². The number of hydrogen-bond donors (Lipinski definition) is 3. The Hall–Kier alpha value is -1.57. The van der Waals surface area contributed by atoms with Crippen LogP contribution in [-0.2, 0) is 28.6 Å². The average molecular weight is 691 g/mol. The Labute approximate surface area is 286 Å². The highest BCUT2D eigenvalue weighted by atomic mass is 33.1. The first kappa shape index (κ1) is 33.9. The van der Waals surface area contributed by atoms with E-state index in [1.165, 1.54) is 5.57 Å². The molecule has 5 aliphatic heterocycles. The smallest absolute Gasteiger partial charge is 0.334 e. The highest BCUT2D eigenvalue weighted by molar-refractivity contribution is 8.76. The number of nitrogens with zero attached hydrogens (tertiary/aromatic N) is 1. The van der Waals surface area contributed by atoms with Gasteiger partial charge in [-0.25, -0.2) is 4.79 Å². The molecular weight excluding hydrogens is 639 g/mol. The lowest BCUT2D eigenvalue weighted by Gasteiger charge is -2.56. The minimum Gasteiger partial charge on any atom is -0.462 e. The van der Waals surface area contributed by atoms with Crippen LogP contribution < -0.4 is 11.1 Å². The number of carbonyl (C=O) groups excluding carboxylic acids is 3. The Morgan fingerprint density at radius 1 is 1.19 bits per heavy atom. The van der Waals surface area contributed by atoms with Gasteiger partial charge in [-0.2, -0.15) is 0 Å². The third-order valence-electron chi connectivity index (χ3n) is 12.7. The van der Waals surface area contributed by atoms with Gasteiger partial charge >= 0.3 is 11.9 Å². The largest absolute Gasteiger partial charge is 0.462 e. The van der Waals surface area contributed by atoms with Gasteiger partial charge in [0.1, 0.15) is 23.5 Å². The molecule has 7 aliphatic rings. The molecule has 6 fully saturated rings. The van der Waals surface area contributed by atoms with Gasteiger partial charge in [0.15, 0.2) is 0 Å². The fraction of sp³-hybridized carbons (Fsp3) is 0.800. The summed E-state index contributed by atoms with van der Waals surface area (Å²) < 4.78 is 20.0. The van der Waals surface area contributed by atoms with E-state index >= 15 is 0 Å². The number of piperidine rings is 1. The summed E-state index contributed by atoms with van der Waals surface area (Å²) in [5, 5.41) is 11.9. The fourth-order valence-corrected chi connectivity index (χ4v) is 12.6. The molecule has 0 aromatic heterocycles. The summed E-state index contributed by atoms with van der Waals surface area (Å²) in [6, 6.07) is 0.316. The molecule has 0 aromatic carbocycles. The zero-order valence-electron chi connectivity index (χ0n) is 27.8. The Kier molecular flexibility index (Phi) is 9.83. The van der Waals surface area contributed by atoms with E-state index in [0.29, 0.717) is 43.2 Å². The predicted octanol–water partition coefficient (Wildman–Crippen LogP) is 2.69. The van der Waals surface area contributed by atoms with Crippen molar-refractivity contribution in [3.63, 3.8) is 0 Å². The molecule has 1 saturated carbocycles. The SMILES string of the molecule is CC=C(CCO)C(=O)OC1(C)CC=C2CSSCC3CCN3C(=O)CC3C[NH2+]C(N)CC3C2C12CC1CC3CCC(=O)OC3CC1O2. The normalized spacial score (nSPS) is 43.8. The maximum atomic E-state index is 13.8. The molecule has 10 nitrogen and oxygen atoms in total. The van der Waals surface area contributed by atoms with E-state index in [1.807, 2.05) is 28.5 Å². The number of allylic oxidation sites excluding steroid dienone is 1. The predicted molar refractivity (Wildman–Crippen MR) is 180 cm³/mol. The average Bonchev–Trinajstić information content (AvgIpc) is 3.39. The minimum atomic E-state index is -0.988. The third-order valence-corrected chi connectivity index (χ3v) is 15.1. The summed E-state index contributed by atoms with van der Waals surface area (Å²) in [7, 11) is 3.71. The molecule has 1 spiro atoms. The zero-order chi connectivity index (χ0) is 32.9. The molecule has 5 N–H and O–H groups in total. The van der Waals surface area contributed by atoms with Crippen LogP contribution in [0.1, 0.15) is 78.1 Å². The molecule has 5 saturated heterocycles. The van der Waals surface area contributed by atoms with Crippen molar-refractivity contribution in [2.24, 2.45) is 35.3 Å².